The molecule has 2 fully saturated rings. The molecule has 2 rings (SSSR count). The van der Waals surface area contributed by atoms with E-state index in [0.29, 0.717) is 39.3 Å². The zero-order valence-corrected chi connectivity index (χ0v) is 14.7. The molecule has 2 saturated heterocycles. The Labute approximate surface area is 133 Å². The summed E-state index contributed by atoms with van der Waals surface area (Å²) >= 11 is 0. The predicted molar refractivity (Wildman–Crippen MR) is 86.1 cm³/mol. The lowest BCUT2D eigenvalue weighted by Crippen LogP contribution is -2.54. The summed E-state index contributed by atoms with van der Waals surface area (Å²) in [5, 5.41) is 3.14. The third-order valence-electron chi connectivity index (χ3n) is 4.38. The highest BCUT2D eigenvalue weighted by atomic mass is 32.2. The molecular formula is C14H28N4O3S. The molecule has 22 heavy (non-hydrogen) atoms. The van der Waals surface area contributed by atoms with Crippen LogP contribution in [0.3, 0.4) is 0 Å². The summed E-state index contributed by atoms with van der Waals surface area (Å²) in [6.45, 7) is 8.83. The van der Waals surface area contributed by atoms with Gasteiger partial charge in [0.25, 0.3) is 0 Å². The number of carbonyl (C=O) groups is 1. The van der Waals surface area contributed by atoms with Crippen molar-refractivity contribution in [3.8, 4) is 0 Å². The fourth-order valence-electron chi connectivity index (χ4n) is 2.97. The van der Waals surface area contributed by atoms with E-state index in [1.54, 1.807) is 18.7 Å². The lowest BCUT2D eigenvalue weighted by Gasteiger charge is -2.38. The number of nitrogens with zero attached hydrogens (tertiary/aromatic N) is 3. The van der Waals surface area contributed by atoms with Gasteiger partial charge in [0.2, 0.25) is 15.9 Å². The van der Waals surface area contributed by atoms with E-state index in [4.69, 9.17) is 0 Å². The number of sulfonamides is 1. The largest absolute Gasteiger partial charge is 0.340 e. The zero-order valence-electron chi connectivity index (χ0n) is 13.8. The second-order valence-electron chi connectivity index (χ2n) is 6.88. The standard InChI is InChI=1S/C14H28N4O3S/c1-14(2,13(19)17-10-8-16(3)9-11-17)12-22(20,21)18-6-4-15-5-7-18/h15H,4-12H2,1-3H3. The van der Waals surface area contributed by atoms with Crippen LogP contribution in [0.25, 0.3) is 0 Å². The van der Waals surface area contributed by atoms with Gasteiger partial charge in [0.1, 0.15) is 0 Å². The van der Waals surface area contributed by atoms with Gasteiger partial charge in [-0.1, -0.05) is 0 Å². The SMILES string of the molecule is CN1CCN(C(=O)C(C)(C)CS(=O)(=O)N2CCNCC2)CC1. The number of nitrogens with one attached hydrogen (secondary N) is 1. The first-order chi connectivity index (χ1) is 10.2. The Morgan fingerprint density at radius 1 is 1.05 bits per heavy atom. The van der Waals surface area contributed by atoms with E-state index in [1.807, 2.05) is 7.05 Å². The molecule has 0 radical (unpaired) electrons. The van der Waals surface area contributed by atoms with E-state index < -0.39 is 15.4 Å². The second kappa shape index (κ2) is 6.82. The van der Waals surface area contributed by atoms with Crippen molar-refractivity contribution in [1.82, 2.24) is 19.4 Å². The number of hydrogen-bond donors (Lipinski definition) is 1. The first-order valence-electron chi connectivity index (χ1n) is 7.89. The Morgan fingerprint density at radius 3 is 2.14 bits per heavy atom. The van der Waals surface area contributed by atoms with Crippen LogP contribution >= 0.6 is 0 Å². The van der Waals surface area contributed by atoms with Crippen molar-refractivity contribution >= 4 is 15.9 Å². The molecule has 1 amide bonds. The van der Waals surface area contributed by atoms with E-state index in [9.17, 15) is 13.2 Å². The fourth-order valence-corrected chi connectivity index (χ4v) is 4.93. The highest BCUT2D eigenvalue weighted by molar-refractivity contribution is 7.89. The van der Waals surface area contributed by atoms with E-state index in [1.165, 1.54) is 4.31 Å². The molecule has 2 aliphatic heterocycles. The minimum absolute atomic E-state index is 0.0562. The Balaban J connectivity index is 2.01. The number of amides is 1. The molecule has 0 atom stereocenters. The maximum atomic E-state index is 12.7. The number of likely N-dealkylation sites (N-methyl/N-ethyl adjacent to an activating group) is 1. The molecule has 128 valence electrons. The molecule has 2 heterocycles. The molecule has 0 aromatic carbocycles. The molecule has 0 spiro atoms. The van der Waals surface area contributed by atoms with Crippen LogP contribution in [-0.2, 0) is 14.8 Å². The molecule has 1 N–H and O–H groups in total. The number of rotatable bonds is 4. The molecule has 0 aromatic rings. The highest BCUT2D eigenvalue weighted by Crippen LogP contribution is 2.24. The Hall–Kier alpha value is -0.700. The van der Waals surface area contributed by atoms with E-state index in [2.05, 4.69) is 10.2 Å². The first-order valence-corrected chi connectivity index (χ1v) is 9.50. The summed E-state index contributed by atoms with van der Waals surface area (Å²) in [5.41, 5.74) is -0.889. The third-order valence-corrected chi connectivity index (χ3v) is 6.62. The fraction of sp³-hybridized carbons (Fsp3) is 0.929. The lowest BCUT2D eigenvalue weighted by atomic mass is 9.94. The lowest BCUT2D eigenvalue weighted by molar-refractivity contribution is -0.140. The molecule has 7 nitrogen and oxygen atoms in total. The third kappa shape index (κ3) is 4.18. The molecular weight excluding hydrogens is 304 g/mol. The van der Waals surface area contributed by atoms with Crippen LogP contribution in [-0.4, -0.2) is 93.6 Å². The summed E-state index contributed by atoms with van der Waals surface area (Å²) in [7, 11) is -1.37. The van der Waals surface area contributed by atoms with Crippen LogP contribution in [0.4, 0.5) is 0 Å². The summed E-state index contributed by atoms with van der Waals surface area (Å²) in [5.74, 6) is -0.176. The van der Waals surface area contributed by atoms with Crippen molar-refractivity contribution in [2.24, 2.45) is 5.41 Å². The molecule has 0 unspecified atom stereocenters. The van der Waals surface area contributed by atoms with Crippen molar-refractivity contribution in [1.29, 1.82) is 0 Å². The maximum Gasteiger partial charge on any atom is 0.229 e. The smallest absolute Gasteiger partial charge is 0.229 e. The van der Waals surface area contributed by atoms with Gasteiger partial charge in [0.15, 0.2) is 0 Å². The molecule has 8 heteroatoms. The molecule has 0 bridgehead atoms. The van der Waals surface area contributed by atoms with Gasteiger partial charge in [-0.05, 0) is 20.9 Å². The van der Waals surface area contributed by atoms with Crippen molar-refractivity contribution < 1.29 is 13.2 Å². The van der Waals surface area contributed by atoms with Crippen LogP contribution in [0, 0.1) is 5.41 Å². The zero-order chi connectivity index (χ0) is 16.4. The van der Waals surface area contributed by atoms with Gasteiger partial charge in [-0.25, -0.2) is 8.42 Å². The quantitative estimate of drug-likeness (QED) is 0.716. The highest BCUT2D eigenvalue weighted by Gasteiger charge is 2.39. The Morgan fingerprint density at radius 2 is 1.59 bits per heavy atom. The maximum absolute atomic E-state index is 12.7. The van der Waals surface area contributed by atoms with Crippen LogP contribution in [0.5, 0.6) is 0 Å². The first kappa shape index (κ1) is 17.7. The number of carbonyl (C=O) groups excluding carboxylic acids is 1. The molecule has 0 aromatic heterocycles. The normalized spacial score (nSPS) is 22.8. The summed E-state index contributed by atoms with van der Waals surface area (Å²) in [6.07, 6.45) is 0. The summed E-state index contributed by atoms with van der Waals surface area (Å²) in [4.78, 5) is 16.7. The van der Waals surface area contributed by atoms with Gasteiger partial charge in [-0.2, -0.15) is 4.31 Å². The number of piperazine rings is 2. The minimum atomic E-state index is -3.40. The van der Waals surface area contributed by atoms with E-state index >= 15 is 0 Å². The predicted octanol–water partition coefficient (Wildman–Crippen LogP) is -0.978. The van der Waals surface area contributed by atoms with Crippen molar-refractivity contribution in [3.63, 3.8) is 0 Å². The number of hydrogen-bond acceptors (Lipinski definition) is 5. The van der Waals surface area contributed by atoms with Crippen molar-refractivity contribution in [2.45, 2.75) is 13.8 Å². The monoisotopic (exact) mass is 332 g/mol. The second-order valence-corrected chi connectivity index (χ2v) is 8.85. The molecule has 2 aliphatic rings. The molecule has 0 aliphatic carbocycles. The van der Waals surface area contributed by atoms with Crippen LogP contribution in [0.2, 0.25) is 0 Å². The van der Waals surface area contributed by atoms with Crippen LogP contribution in [0.15, 0.2) is 0 Å². The van der Waals surface area contributed by atoms with Gasteiger partial charge in [-0.3, -0.25) is 4.79 Å². The van der Waals surface area contributed by atoms with E-state index in [0.717, 1.165) is 13.1 Å². The Kier molecular flexibility index (Phi) is 5.47. The van der Waals surface area contributed by atoms with Crippen LogP contribution < -0.4 is 5.32 Å². The van der Waals surface area contributed by atoms with Gasteiger partial charge >= 0.3 is 0 Å². The summed E-state index contributed by atoms with van der Waals surface area (Å²) in [6, 6.07) is 0. The average molecular weight is 332 g/mol. The van der Waals surface area contributed by atoms with Crippen molar-refractivity contribution in [3.05, 3.63) is 0 Å². The molecule has 0 saturated carbocycles. The summed E-state index contributed by atoms with van der Waals surface area (Å²) < 4.78 is 26.6. The van der Waals surface area contributed by atoms with E-state index in [-0.39, 0.29) is 11.7 Å². The van der Waals surface area contributed by atoms with Crippen molar-refractivity contribution in [2.75, 3.05) is 65.2 Å². The van der Waals surface area contributed by atoms with Gasteiger partial charge in [0, 0.05) is 52.4 Å². The van der Waals surface area contributed by atoms with Gasteiger partial charge in [0.05, 0.1) is 11.2 Å². The Bertz CT molecular complexity index is 492. The average Bonchev–Trinajstić information content (AvgIpc) is 2.47. The van der Waals surface area contributed by atoms with Gasteiger partial charge < -0.3 is 15.1 Å². The van der Waals surface area contributed by atoms with Gasteiger partial charge in [-0.15, -0.1) is 0 Å². The minimum Gasteiger partial charge on any atom is -0.340 e. The topological polar surface area (TPSA) is 73.0 Å². The van der Waals surface area contributed by atoms with Crippen LogP contribution in [0.1, 0.15) is 13.8 Å².